The number of likely N-dealkylation sites (N-methyl/N-ethyl adjacent to an activating group) is 1. The molecule has 0 spiro atoms. The van der Waals surface area contributed by atoms with E-state index in [1.54, 1.807) is 30.5 Å². The minimum Gasteiger partial charge on any atom is -0.488 e. The molecule has 0 amide bonds. The standard InChI is InChI=1S/C28H29FN8O/c1-18(14-35(2)3)38-25-12-19(36-9-10-37-17-30-13-20(37)15-36)11-24-26(25)28(33-16-32-24)34-23-7-6-22-21(27(23)29)5-4-8-31-22/h4-8,11-13,16-18H,9-10,14-15H2,1-3H3,(H,32,33,34)/t18-/m1/s1. The third-order valence-electron chi connectivity index (χ3n) is 6.74. The van der Waals surface area contributed by atoms with Crippen LogP contribution in [0.3, 0.4) is 0 Å². The number of benzene rings is 2. The van der Waals surface area contributed by atoms with Gasteiger partial charge in [0.1, 0.15) is 24.0 Å². The number of nitrogens with zero attached hydrogens (tertiary/aromatic N) is 7. The van der Waals surface area contributed by atoms with Crippen LogP contribution in [0.25, 0.3) is 21.8 Å². The zero-order valence-electron chi connectivity index (χ0n) is 21.6. The van der Waals surface area contributed by atoms with E-state index in [0.29, 0.717) is 39.1 Å². The molecule has 0 unspecified atom stereocenters. The summed E-state index contributed by atoms with van der Waals surface area (Å²) in [5.41, 5.74) is 3.79. The fourth-order valence-electron chi connectivity index (χ4n) is 5.02. The third-order valence-corrected chi connectivity index (χ3v) is 6.74. The molecule has 4 heterocycles. The summed E-state index contributed by atoms with van der Waals surface area (Å²) in [6, 6.07) is 11.0. The number of pyridine rings is 1. The van der Waals surface area contributed by atoms with Crippen molar-refractivity contribution in [2.45, 2.75) is 26.1 Å². The summed E-state index contributed by atoms with van der Waals surface area (Å²) >= 11 is 0. The number of ether oxygens (including phenoxy) is 1. The summed E-state index contributed by atoms with van der Waals surface area (Å²) in [7, 11) is 4.03. The van der Waals surface area contributed by atoms with Gasteiger partial charge in [0.2, 0.25) is 0 Å². The zero-order chi connectivity index (χ0) is 26.2. The van der Waals surface area contributed by atoms with Gasteiger partial charge in [0.05, 0.1) is 40.7 Å². The highest BCUT2D eigenvalue weighted by molar-refractivity contribution is 5.98. The average molecular weight is 513 g/mol. The lowest BCUT2D eigenvalue weighted by Gasteiger charge is -2.31. The summed E-state index contributed by atoms with van der Waals surface area (Å²) in [5, 5.41) is 4.35. The maximum atomic E-state index is 15.4. The molecule has 1 atom stereocenters. The first-order valence-electron chi connectivity index (χ1n) is 12.6. The molecule has 3 aromatic heterocycles. The van der Waals surface area contributed by atoms with Gasteiger partial charge in [-0.25, -0.2) is 19.3 Å². The van der Waals surface area contributed by atoms with Crippen molar-refractivity contribution in [3.05, 3.63) is 73.0 Å². The van der Waals surface area contributed by atoms with E-state index in [1.807, 2.05) is 45.7 Å². The molecular weight excluding hydrogens is 483 g/mol. The molecule has 0 radical (unpaired) electrons. The Bertz CT molecular complexity index is 1620. The SMILES string of the molecule is C[C@H](CN(C)C)Oc1cc(N2CCn3cncc3C2)cc2ncnc(Nc3ccc4ncccc4c3F)c12. The number of aromatic nitrogens is 5. The number of fused-ring (bicyclic) bond motifs is 3. The number of imidazole rings is 1. The van der Waals surface area contributed by atoms with Gasteiger partial charge in [-0.2, -0.15) is 0 Å². The van der Waals surface area contributed by atoms with E-state index in [4.69, 9.17) is 4.74 Å². The van der Waals surface area contributed by atoms with Crippen molar-refractivity contribution in [3.63, 3.8) is 0 Å². The van der Waals surface area contributed by atoms with Crippen molar-refractivity contribution in [2.24, 2.45) is 0 Å². The lowest BCUT2D eigenvalue weighted by atomic mass is 10.1. The van der Waals surface area contributed by atoms with Crippen molar-refractivity contribution >= 4 is 39.0 Å². The van der Waals surface area contributed by atoms with Gasteiger partial charge in [-0.15, -0.1) is 0 Å². The topological polar surface area (TPSA) is 84.2 Å². The second kappa shape index (κ2) is 9.86. The molecule has 6 rings (SSSR count). The lowest BCUT2D eigenvalue weighted by Crippen LogP contribution is -2.33. The van der Waals surface area contributed by atoms with E-state index < -0.39 is 0 Å². The Morgan fingerprint density at radius 3 is 2.87 bits per heavy atom. The molecule has 1 aliphatic rings. The van der Waals surface area contributed by atoms with Gasteiger partial charge in [0.15, 0.2) is 5.82 Å². The van der Waals surface area contributed by atoms with Crippen molar-refractivity contribution in [3.8, 4) is 5.75 Å². The minimum absolute atomic E-state index is 0.0947. The number of halogens is 1. The second-order valence-electron chi connectivity index (χ2n) is 9.87. The molecule has 0 fully saturated rings. The van der Waals surface area contributed by atoms with Gasteiger partial charge in [0, 0.05) is 49.2 Å². The highest BCUT2D eigenvalue weighted by Gasteiger charge is 2.21. The maximum absolute atomic E-state index is 15.4. The van der Waals surface area contributed by atoms with Crippen LogP contribution in [0.2, 0.25) is 0 Å². The van der Waals surface area contributed by atoms with Crippen molar-refractivity contribution in [2.75, 3.05) is 37.4 Å². The van der Waals surface area contributed by atoms with Crippen LogP contribution in [0.15, 0.2) is 61.4 Å². The molecule has 0 aliphatic carbocycles. The number of hydrogen-bond acceptors (Lipinski definition) is 8. The first kappa shape index (κ1) is 24.1. The number of rotatable bonds is 7. The summed E-state index contributed by atoms with van der Waals surface area (Å²) in [6.45, 7) is 5.20. The third kappa shape index (κ3) is 4.58. The molecule has 38 heavy (non-hydrogen) atoms. The van der Waals surface area contributed by atoms with Crippen LogP contribution >= 0.6 is 0 Å². The maximum Gasteiger partial charge on any atom is 0.156 e. The normalized spacial score (nSPS) is 14.2. The summed E-state index contributed by atoms with van der Waals surface area (Å²) in [6.07, 6.45) is 6.83. The highest BCUT2D eigenvalue weighted by Crippen LogP contribution is 2.38. The van der Waals surface area contributed by atoms with Crippen molar-refractivity contribution in [1.29, 1.82) is 0 Å². The molecule has 9 nitrogen and oxygen atoms in total. The highest BCUT2D eigenvalue weighted by atomic mass is 19.1. The van der Waals surface area contributed by atoms with E-state index >= 15 is 4.39 Å². The van der Waals surface area contributed by atoms with Gasteiger partial charge in [-0.05, 0) is 51.4 Å². The van der Waals surface area contributed by atoms with E-state index in [0.717, 1.165) is 37.6 Å². The molecule has 2 aromatic carbocycles. The van der Waals surface area contributed by atoms with Gasteiger partial charge < -0.3 is 24.4 Å². The summed E-state index contributed by atoms with van der Waals surface area (Å²) in [5.74, 6) is 0.747. The molecule has 1 aliphatic heterocycles. The van der Waals surface area contributed by atoms with Crippen LogP contribution in [0, 0.1) is 5.82 Å². The molecule has 1 N–H and O–H groups in total. The first-order chi connectivity index (χ1) is 18.5. The quantitative estimate of drug-likeness (QED) is 0.339. The van der Waals surface area contributed by atoms with Crippen LogP contribution in [-0.2, 0) is 13.1 Å². The molecule has 0 saturated carbocycles. The van der Waals surface area contributed by atoms with Crippen LogP contribution in [-0.4, -0.2) is 62.7 Å². The van der Waals surface area contributed by atoms with Gasteiger partial charge in [-0.3, -0.25) is 4.98 Å². The largest absolute Gasteiger partial charge is 0.488 e. The number of hydrogen-bond donors (Lipinski definition) is 1. The molecule has 0 bridgehead atoms. The minimum atomic E-state index is -0.382. The van der Waals surface area contributed by atoms with Gasteiger partial charge in [-0.1, -0.05) is 0 Å². The van der Waals surface area contributed by atoms with Crippen molar-refractivity contribution < 1.29 is 9.13 Å². The summed E-state index contributed by atoms with van der Waals surface area (Å²) in [4.78, 5) is 22.0. The Labute approximate surface area is 219 Å². The zero-order valence-corrected chi connectivity index (χ0v) is 21.6. The van der Waals surface area contributed by atoms with Crippen molar-refractivity contribution in [1.82, 2.24) is 29.4 Å². The van der Waals surface area contributed by atoms with Gasteiger partial charge in [0.25, 0.3) is 0 Å². The molecular formula is C28H29FN8O. The number of nitrogens with one attached hydrogen (secondary N) is 1. The Hall–Kier alpha value is -4.31. The Morgan fingerprint density at radius 1 is 1.11 bits per heavy atom. The van der Waals surface area contributed by atoms with E-state index in [1.165, 1.54) is 6.33 Å². The summed E-state index contributed by atoms with van der Waals surface area (Å²) < 4.78 is 24.1. The fraction of sp³-hybridized carbons (Fsp3) is 0.286. The first-order valence-corrected chi connectivity index (χ1v) is 12.6. The predicted molar refractivity (Wildman–Crippen MR) is 146 cm³/mol. The van der Waals surface area contributed by atoms with Crippen LogP contribution in [0.1, 0.15) is 12.6 Å². The second-order valence-corrected chi connectivity index (χ2v) is 9.87. The van der Waals surface area contributed by atoms with E-state index in [2.05, 4.69) is 39.6 Å². The Balaban J connectivity index is 1.43. The smallest absolute Gasteiger partial charge is 0.156 e. The van der Waals surface area contributed by atoms with Crippen LogP contribution < -0.4 is 15.0 Å². The molecule has 5 aromatic rings. The van der Waals surface area contributed by atoms with Crippen LogP contribution in [0.5, 0.6) is 5.75 Å². The lowest BCUT2D eigenvalue weighted by molar-refractivity contribution is 0.179. The molecule has 194 valence electrons. The van der Waals surface area contributed by atoms with E-state index in [9.17, 15) is 0 Å². The Kier molecular flexibility index (Phi) is 6.24. The monoisotopic (exact) mass is 512 g/mol. The van der Waals surface area contributed by atoms with Gasteiger partial charge >= 0.3 is 0 Å². The predicted octanol–water partition coefficient (Wildman–Crippen LogP) is 4.61. The molecule has 10 heteroatoms. The molecule has 0 saturated heterocycles. The van der Waals surface area contributed by atoms with Crippen LogP contribution in [0.4, 0.5) is 21.6 Å². The van der Waals surface area contributed by atoms with E-state index in [-0.39, 0.29) is 11.9 Å². The number of anilines is 3. The fourth-order valence-corrected chi connectivity index (χ4v) is 5.02. The average Bonchev–Trinajstić information content (AvgIpc) is 3.38. The Morgan fingerprint density at radius 2 is 2.00 bits per heavy atom.